The molecule has 1 rings (SSSR count). The van der Waals surface area contributed by atoms with Crippen LogP contribution in [0.4, 0.5) is 0 Å². The van der Waals surface area contributed by atoms with Gasteiger partial charge in [-0.15, -0.1) is 0 Å². The first kappa shape index (κ1) is 17.3. The van der Waals surface area contributed by atoms with Gasteiger partial charge in [-0.1, -0.05) is 0 Å². The first-order chi connectivity index (χ1) is 9.23. The minimum Gasteiger partial charge on any atom is -0.480 e. The smallest absolute Gasteiger partial charge is 0.320 e. The van der Waals surface area contributed by atoms with Gasteiger partial charge in [0.05, 0.1) is 17.3 Å². The lowest BCUT2D eigenvalue weighted by molar-refractivity contribution is -0.138. The molecule has 0 spiro atoms. The number of carbonyl (C=O) groups is 2. The third kappa shape index (κ3) is 5.29. The SMILES string of the molecule is CN(C(=O)CSCCC(N)C(=O)O)C1CCS(=O)(=O)C1. The monoisotopic (exact) mass is 324 g/mol. The van der Waals surface area contributed by atoms with E-state index in [0.29, 0.717) is 18.6 Å². The number of nitrogens with zero attached hydrogens (tertiary/aromatic N) is 1. The summed E-state index contributed by atoms with van der Waals surface area (Å²) < 4.78 is 22.7. The molecule has 20 heavy (non-hydrogen) atoms. The van der Waals surface area contributed by atoms with Gasteiger partial charge in [-0.05, 0) is 18.6 Å². The van der Waals surface area contributed by atoms with Gasteiger partial charge in [-0.2, -0.15) is 11.8 Å². The predicted octanol–water partition coefficient (Wildman–Crippen LogP) is -0.833. The van der Waals surface area contributed by atoms with Crippen LogP contribution in [0.25, 0.3) is 0 Å². The van der Waals surface area contributed by atoms with Crippen molar-refractivity contribution in [3.05, 3.63) is 0 Å². The average molecular weight is 324 g/mol. The molecule has 0 radical (unpaired) electrons. The highest BCUT2D eigenvalue weighted by atomic mass is 32.2. The predicted molar refractivity (Wildman–Crippen MR) is 77.4 cm³/mol. The van der Waals surface area contributed by atoms with Crippen LogP contribution in [0.2, 0.25) is 0 Å². The highest BCUT2D eigenvalue weighted by Crippen LogP contribution is 2.17. The van der Waals surface area contributed by atoms with Crippen molar-refractivity contribution >= 4 is 33.5 Å². The number of carboxylic acid groups (broad SMARTS) is 1. The van der Waals surface area contributed by atoms with Gasteiger partial charge in [0.25, 0.3) is 0 Å². The number of hydrogen-bond donors (Lipinski definition) is 2. The minimum absolute atomic E-state index is 0.0315. The van der Waals surface area contributed by atoms with Crippen LogP contribution in [-0.2, 0) is 19.4 Å². The second-order valence-corrected chi connectivity index (χ2v) is 8.18. The number of carbonyl (C=O) groups excluding carboxylic acids is 1. The van der Waals surface area contributed by atoms with Crippen LogP contribution in [-0.4, -0.2) is 72.4 Å². The van der Waals surface area contributed by atoms with Crippen LogP contribution in [0.5, 0.6) is 0 Å². The number of nitrogens with two attached hydrogens (primary N) is 1. The fourth-order valence-electron chi connectivity index (χ4n) is 1.88. The summed E-state index contributed by atoms with van der Waals surface area (Å²) in [5, 5.41) is 8.61. The van der Waals surface area contributed by atoms with Gasteiger partial charge in [0, 0.05) is 13.1 Å². The average Bonchev–Trinajstić information content (AvgIpc) is 2.73. The van der Waals surface area contributed by atoms with Crippen molar-refractivity contribution in [2.75, 3.05) is 30.1 Å². The molecule has 2 unspecified atom stereocenters. The van der Waals surface area contributed by atoms with Crippen LogP contribution < -0.4 is 5.73 Å². The first-order valence-corrected chi connectivity index (χ1v) is 9.23. The Kier molecular flexibility index (Phi) is 6.28. The molecule has 3 N–H and O–H groups in total. The molecule has 1 heterocycles. The van der Waals surface area contributed by atoms with E-state index in [9.17, 15) is 18.0 Å². The first-order valence-electron chi connectivity index (χ1n) is 6.25. The fraction of sp³-hybridized carbons (Fsp3) is 0.818. The molecule has 0 aromatic heterocycles. The maximum Gasteiger partial charge on any atom is 0.320 e. The lowest BCUT2D eigenvalue weighted by Gasteiger charge is -2.23. The molecule has 0 aromatic carbocycles. The lowest BCUT2D eigenvalue weighted by atomic mass is 10.2. The van der Waals surface area contributed by atoms with E-state index in [-0.39, 0.29) is 29.2 Å². The second-order valence-electron chi connectivity index (χ2n) is 4.85. The van der Waals surface area contributed by atoms with E-state index >= 15 is 0 Å². The van der Waals surface area contributed by atoms with Gasteiger partial charge in [0.2, 0.25) is 5.91 Å². The summed E-state index contributed by atoms with van der Waals surface area (Å²) >= 11 is 1.31. The van der Waals surface area contributed by atoms with Crippen LogP contribution in [0.1, 0.15) is 12.8 Å². The van der Waals surface area contributed by atoms with Crippen LogP contribution >= 0.6 is 11.8 Å². The molecule has 1 amide bonds. The number of rotatable bonds is 7. The fourth-order valence-corrected chi connectivity index (χ4v) is 4.60. The summed E-state index contributed by atoms with van der Waals surface area (Å²) in [6.07, 6.45) is 0.786. The number of sulfone groups is 1. The molecule has 1 aliphatic heterocycles. The second kappa shape index (κ2) is 7.28. The van der Waals surface area contributed by atoms with Crippen LogP contribution in [0, 0.1) is 0 Å². The quantitative estimate of drug-likeness (QED) is 0.587. The standard InChI is InChI=1S/C11H20N2O5S2/c1-13(8-3-5-20(17,18)7-8)10(14)6-19-4-2-9(12)11(15)16/h8-9H,2-7,12H2,1H3,(H,15,16). The van der Waals surface area contributed by atoms with Crippen LogP contribution in [0.15, 0.2) is 0 Å². The molecule has 9 heteroatoms. The summed E-state index contributed by atoms with van der Waals surface area (Å²) in [6, 6.07) is -1.15. The third-order valence-electron chi connectivity index (χ3n) is 3.27. The van der Waals surface area contributed by atoms with E-state index in [1.165, 1.54) is 16.7 Å². The van der Waals surface area contributed by atoms with Gasteiger partial charge in [0.1, 0.15) is 6.04 Å². The molecule has 0 saturated carbocycles. The molecular weight excluding hydrogens is 304 g/mol. The zero-order valence-electron chi connectivity index (χ0n) is 11.3. The van der Waals surface area contributed by atoms with Crippen molar-refractivity contribution in [1.29, 1.82) is 0 Å². The molecule has 116 valence electrons. The largest absolute Gasteiger partial charge is 0.480 e. The Bertz CT molecular complexity index is 465. The number of hydrogen-bond acceptors (Lipinski definition) is 6. The molecule has 1 fully saturated rings. The van der Waals surface area contributed by atoms with E-state index in [4.69, 9.17) is 10.8 Å². The van der Waals surface area contributed by atoms with Gasteiger partial charge in [0.15, 0.2) is 9.84 Å². The molecule has 0 bridgehead atoms. The number of carboxylic acids is 1. The van der Waals surface area contributed by atoms with Crippen molar-refractivity contribution < 1.29 is 23.1 Å². The molecule has 1 aliphatic rings. The van der Waals surface area contributed by atoms with E-state index < -0.39 is 21.8 Å². The zero-order chi connectivity index (χ0) is 15.3. The highest BCUT2D eigenvalue weighted by Gasteiger charge is 2.32. The number of amides is 1. The van der Waals surface area contributed by atoms with Crippen molar-refractivity contribution in [2.24, 2.45) is 5.73 Å². The Morgan fingerprint density at radius 2 is 2.15 bits per heavy atom. The van der Waals surface area contributed by atoms with Crippen molar-refractivity contribution in [3.8, 4) is 0 Å². The summed E-state index contributed by atoms with van der Waals surface area (Å²) in [4.78, 5) is 23.9. The zero-order valence-corrected chi connectivity index (χ0v) is 13.0. The molecule has 0 aromatic rings. The Morgan fingerprint density at radius 3 is 2.65 bits per heavy atom. The molecule has 1 saturated heterocycles. The maximum atomic E-state index is 11.9. The van der Waals surface area contributed by atoms with Crippen LogP contribution in [0.3, 0.4) is 0 Å². The van der Waals surface area contributed by atoms with Gasteiger partial charge < -0.3 is 15.7 Å². The maximum absolute atomic E-state index is 11.9. The van der Waals surface area contributed by atoms with Gasteiger partial charge >= 0.3 is 5.97 Å². The van der Waals surface area contributed by atoms with Gasteiger partial charge in [-0.25, -0.2) is 8.42 Å². The highest BCUT2D eigenvalue weighted by molar-refractivity contribution is 7.99. The molecule has 0 aliphatic carbocycles. The van der Waals surface area contributed by atoms with E-state index in [1.807, 2.05) is 0 Å². The summed E-state index contributed by atoms with van der Waals surface area (Å²) in [6.45, 7) is 0. The Balaban J connectivity index is 2.27. The van der Waals surface area contributed by atoms with Crippen molar-refractivity contribution in [1.82, 2.24) is 4.90 Å². The van der Waals surface area contributed by atoms with Crippen molar-refractivity contribution in [2.45, 2.75) is 24.9 Å². The summed E-state index contributed by atoms with van der Waals surface area (Å²) in [7, 11) is -1.39. The number of aliphatic carboxylic acids is 1. The van der Waals surface area contributed by atoms with Gasteiger partial charge in [-0.3, -0.25) is 9.59 Å². The third-order valence-corrected chi connectivity index (χ3v) is 5.99. The van der Waals surface area contributed by atoms with Crippen molar-refractivity contribution in [3.63, 3.8) is 0 Å². The number of thioether (sulfide) groups is 1. The Labute approximate surface area is 122 Å². The normalized spacial score (nSPS) is 22.4. The minimum atomic E-state index is -3.00. The summed E-state index contributed by atoms with van der Waals surface area (Å²) in [5.41, 5.74) is 5.35. The topological polar surface area (TPSA) is 118 Å². The van der Waals surface area contributed by atoms with E-state index in [0.717, 1.165) is 0 Å². The van der Waals surface area contributed by atoms with E-state index in [2.05, 4.69) is 0 Å². The lowest BCUT2D eigenvalue weighted by Crippen LogP contribution is -2.39. The molecule has 2 atom stereocenters. The Morgan fingerprint density at radius 1 is 1.50 bits per heavy atom. The summed E-state index contributed by atoms with van der Waals surface area (Å²) in [5.74, 6) is -0.332. The molecular formula is C11H20N2O5S2. The molecule has 7 nitrogen and oxygen atoms in total. The Hall–Kier alpha value is -0.800. The van der Waals surface area contributed by atoms with E-state index in [1.54, 1.807) is 7.05 Å².